The SMILES string of the molecule is CCCCNC(=S)Nc1cc(C)c(C)c(C)c1. The van der Waals surface area contributed by atoms with Crippen LogP contribution in [0.2, 0.25) is 0 Å². The van der Waals surface area contributed by atoms with E-state index < -0.39 is 0 Å². The third kappa shape index (κ3) is 4.35. The summed E-state index contributed by atoms with van der Waals surface area (Å²) in [6.07, 6.45) is 2.33. The molecular formula is C14H22N2S. The summed E-state index contributed by atoms with van der Waals surface area (Å²) in [5, 5.41) is 7.15. The predicted molar refractivity (Wildman–Crippen MR) is 79.8 cm³/mol. The van der Waals surface area contributed by atoms with E-state index in [-0.39, 0.29) is 0 Å². The zero-order valence-electron chi connectivity index (χ0n) is 11.2. The number of rotatable bonds is 4. The molecular weight excluding hydrogens is 228 g/mol. The van der Waals surface area contributed by atoms with Crippen molar-refractivity contribution in [2.75, 3.05) is 11.9 Å². The van der Waals surface area contributed by atoms with Gasteiger partial charge in [-0.25, -0.2) is 0 Å². The van der Waals surface area contributed by atoms with Crippen molar-refractivity contribution in [1.82, 2.24) is 5.32 Å². The molecule has 0 atom stereocenters. The maximum absolute atomic E-state index is 5.25. The van der Waals surface area contributed by atoms with E-state index in [2.05, 4.69) is 50.5 Å². The monoisotopic (exact) mass is 250 g/mol. The van der Waals surface area contributed by atoms with Crippen LogP contribution in [-0.2, 0) is 0 Å². The maximum Gasteiger partial charge on any atom is 0.170 e. The van der Waals surface area contributed by atoms with Gasteiger partial charge in [0.05, 0.1) is 0 Å². The summed E-state index contributed by atoms with van der Waals surface area (Å²) in [6, 6.07) is 4.27. The average molecular weight is 250 g/mol. The van der Waals surface area contributed by atoms with Gasteiger partial charge in [0.1, 0.15) is 0 Å². The van der Waals surface area contributed by atoms with Crippen molar-refractivity contribution in [3.8, 4) is 0 Å². The first-order valence-corrected chi connectivity index (χ1v) is 6.58. The first kappa shape index (κ1) is 14.0. The summed E-state index contributed by atoms with van der Waals surface area (Å²) in [4.78, 5) is 0. The van der Waals surface area contributed by atoms with Gasteiger partial charge in [-0.05, 0) is 68.2 Å². The Morgan fingerprint density at radius 2 is 1.76 bits per heavy atom. The Morgan fingerprint density at radius 1 is 1.18 bits per heavy atom. The number of thiocarbonyl (C=S) groups is 1. The number of hydrogen-bond donors (Lipinski definition) is 2. The van der Waals surface area contributed by atoms with Gasteiger partial charge < -0.3 is 10.6 Å². The predicted octanol–water partition coefficient (Wildman–Crippen LogP) is 3.70. The number of unbranched alkanes of at least 4 members (excludes halogenated alkanes) is 1. The molecule has 1 aromatic carbocycles. The van der Waals surface area contributed by atoms with Gasteiger partial charge in [-0.3, -0.25) is 0 Å². The quantitative estimate of drug-likeness (QED) is 0.629. The van der Waals surface area contributed by atoms with E-state index in [4.69, 9.17) is 12.2 Å². The molecule has 0 amide bonds. The molecule has 0 spiro atoms. The highest BCUT2D eigenvalue weighted by atomic mass is 32.1. The van der Waals surface area contributed by atoms with Crippen LogP contribution in [0.4, 0.5) is 5.69 Å². The van der Waals surface area contributed by atoms with E-state index in [0.29, 0.717) is 5.11 Å². The standard InChI is InChI=1S/C14H22N2S/c1-5-6-7-15-14(17)16-13-8-10(2)12(4)11(3)9-13/h8-9H,5-7H2,1-4H3,(H2,15,16,17). The van der Waals surface area contributed by atoms with Crippen LogP contribution in [0, 0.1) is 20.8 Å². The molecule has 0 fully saturated rings. The Hall–Kier alpha value is -1.09. The molecule has 0 heterocycles. The molecule has 2 nitrogen and oxygen atoms in total. The van der Waals surface area contributed by atoms with Crippen LogP contribution in [0.3, 0.4) is 0 Å². The Labute approximate surface area is 110 Å². The fourth-order valence-corrected chi connectivity index (χ4v) is 1.88. The molecule has 2 N–H and O–H groups in total. The summed E-state index contributed by atoms with van der Waals surface area (Å²) in [5.41, 5.74) is 5.01. The van der Waals surface area contributed by atoms with Crippen LogP contribution in [0.5, 0.6) is 0 Å². The van der Waals surface area contributed by atoms with Gasteiger partial charge in [0, 0.05) is 12.2 Å². The third-order valence-electron chi connectivity index (χ3n) is 3.00. The zero-order valence-corrected chi connectivity index (χ0v) is 12.0. The molecule has 0 radical (unpaired) electrons. The molecule has 0 unspecified atom stereocenters. The maximum atomic E-state index is 5.25. The minimum atomic E-state index is 0.709. The van der Waals surface area contributed by atoms with Crippen molar-refractivity contribution in [3.63, 3.8) is 0 Å². The third-order valence-corrected chi connectivity index (χ3v) is 3.25. The van der Waals surface area contributed by atoms with Crippen molar-refractivity contribution in [1.29, 1.82) is 0 Å². The normalized spacial score (nSPS) is 10.1. The lowest BCUT2D eigenvalue weighted by Gasteiger charge is -2.13. The molecule has 1 aromatic rings. The van der Waals surface area contributed by atoms with Crippen molar-refractivity contribution >= 4 is 23.0 Å². The van der Waals surface area contributed by atoms with E-state index in [1.54, 1.807) is 0 Å². The second kappa shape index (κ2) is 6.60. The van der Waals surface area contributed by atoms with Crippen LogP contribution in [-0.4, -0.2) is 11.7 Å². The highest BCUT2D eigenvalue weighted by molar-refractivity contribution is 7.80. The Bertz CT molecular complexity index is 376. The molecule has 0 aliphatic rings. The summed E-state index contributed by atoms with van der Waals surface area (Å²) in [7, 11) is 0. The van der Waals surface area contributed by atoms with Crippen LogP contribution >= 0.6 is 12.2 Å². The summed E-state index contributed by atoms with van der Waals surface area (Å²) in [6.45, 7) is 9.51. The second-order valence-corrected chi connectivity index (χ2v) is 4.88. The first-order valence-electron chi connectivity index (χ1n) is 6.17. The molecule has 0 aliphatic carbocycles. The molecule has 0 bridgehead atoms. The Morgan fingerprint density at radius 3 is 2.29 bits per heavy atom. The van der Waals surface area contributed by atoms with Crippen molar-refractivity contribution in [2.24, 2.45) is 0 Å². The summed E-state index contributed by atoms with van der Waals surface area (Å²) >= 11 is 5.25. The van der Waals surface area contributed by atoms with Crippen LogP contribution in [0.25, 0.3) is 0 Å². The fourth-order valence-electron chi connectivity index (χ4n) is 1.66. The molecule has 0 aromatic heterocycles. The highest BCUT2D eigenvalue weighted by Gasteiger charge is 2.02. The summed E-state index contributed by atoms with van der Waals surface area (Å²) in [5.74, 6) is 0. The van der Waals surface area contributed by atoms with Gasteiger partial charge >= 0.3 is 0 Å². The lowest BCUT2D eigenvalue weighted by Crippen LogP contribution is -2.29. The second-order valence-electron chi connectivity index (χ2n) is 4.47. The van der Waals surface area contributed by atoms with E-state index in [1.807, 2.05) is 0 Å². The fraction of sp³-hybridized carbons (Fsp3) is 0.500. The summed E-state index contributed by atoms with van der Waals surface area (Å²) < 4.78 is 0. The number of hydrogen-bond acceptors (Lipinski definition) is 1. The van der Waals surface area contributed by atoms with E-state index in [0.717, 1.165) is 18.7 Å². The number of aryl methyl sites for hydroxylation is 2. The van der Waals surface area contributed by atoms with Gasteiger partial charge in [0.15, 0.2) is 5.11 Å². The van der Waals surface area contributed by atoms with Gasteiger partial charge in [0.2, 0.25) is 0 Å². The molecule has 0 saturated carbocycles. The molecule has 0 saturated heterocycles. The van der Waals surface area contributed by atoms with Gasteiger partial charge in [-0.1, -0.05) is 13.3 Å². The van der Waals surface area contributed by atoms with E-state index in [1.165, 1.54) is 23.1 Å². The first-order chi connectivity index (χ1) is 8.04. The smallest absolute Gasteiger partial charge is 0.170 e. The van der Waals surface area contributed by atoms with E-state index in [9.17, 15) is 0 Å². The minimum absolute atomic E-state index is 0.709. The zero-order chi connectivity index (χ0) is 12.8. The molecule has 94 valence electrons. The number of nitrogens with one attached hydrogen (secondary N) is 2. The lowest BCUT2D eigenvalue weighted by atomic mass is 10.0. The van der Waals surface area contributed by atoms with Crippen molar-refractivity contribution < 1.29 is 0 Å². The van der Waals surface area contributed by atoms with Crippen molar-refractivity contribution in [2.45, 2.75) is 40.5 Å². The van der Waals surface area contributed by atoms with Crippen LogP contribution in [0.15, 0.2) is 12.1 Å². The molecule has 17 heavy (non-hydrogen) atoms. The van der Waals surface area contributed by atoms with Crippen LogP contribution < -0.4 is 10.6 Å². The molecule has 0 aliphatic heterocycles. The van der Waals surface area contributed by atoms with Crippen LogP contribution in [0.1, 0.15) is 36.5 Å². The topological polar surface area (TPSA) is 24.1 Å². The molecule has 3 heteroatoms. The van der Waals surface area contributed by atoms with Gasteiger partial charge in [-0.2, -0.15) is 0 Å². The Kier molecular flexibility index (Phi) is 5.42. The van der Waals surface area contributed by atoms with Crippen molar-refractivity contribution in [3.05, 3.63) is 28.8 Å². The number of anilines is 1. The largest absolute Gasteiger partial charge is 0.362 e. The number of benzene rings is 1. The van der Waals surface area contributed by atoms with E-state index >= 15 is 0 Å². The van der Waals surface area contributed by atoms with Gasteiger partial charge in [-0.15, -0.1) is 0 Å². The minimum Gasteiger partial charge on any atom is -0.362 e. The van der Waals surface area contributed by atoms with Gasteiger partial charge in [0.25, 0.3) is 0 Å². The Balaban J connectivity index is 2.60. The highest BCUT2D eigenvalue weighted by Crippen LogP contribution is 2.18. The lowest BCUT2D eigenvalue weighted by molar-refractivity contribution is 0.758. The molecule has 1 rings (SSSR count). The average Bonchev–Trinajstić information content (AvgIpc) is 2.26.